The number of halogens is 3. The highest BCUT2D eigenvalue weighted by Crippen LogP contribution is 2.29. The maximum atomic E-state index is 13.3. The number of hydrogen-bond donors (Lipinski definition) is 1. The second kappa shape index (κ2) is 11.6. The molecule has 0 bridgehead atoms. The van der Waals surface area contributed by atoms with Crippen LogP contribution in [0.2, 0.25) is 0 Å². The van der Waals surface area contributed by atoms with E-state index in [1.807, 2.05) is 30.2 Å². The largest absolute Gasteiger partial charge is 0.417 e. The molecule has 0 radical (unpaired) electrons. The van der Waals surface area contributed by atoms with Gasteiger partial charge in [0.15, 0.2) is 0 Å². The maximum Gasteiger partial charge on any atom is 0.417 e. The van der Waals surface area contributed by atoms with Crippen LogP contribution in [0.1, 0.15) is 34.3 Å². The Kier molecular flexibility index (Phi) is 8.82. The molecule has 10 heteroatoms. The molecule has 2 amide bonds. The molecule has 1 N–H and O–H groups in total. The summed E-state index contributed by atoms with van der Waals surface area (Å²) in [4.78, 5) is 33.7. The zero-order valence-electron chi connectivity index (χ0n) is 19.3. The summed E-state index contributed by atoms with van der Waals surface area (Å²) >= 11 is 1.61. The van der Waals surface area contributed by atoms with E-state index in [9.17, 15) is 22.8 Å². The molecule has 1 fully saturated rings. The Bertz CT molecular complexity index is 985. The zero-order chi connectivity index (χ0) is 24.7. The van der Waals surface area contributed by atoms with Crippen molar-refractivity contribution in [2.75, 3.05) is 43.1 Å². The van der Waals surface area contributed by atoms with Crippen LogP contribution in [0.15, 0.2) is 42.6 Å². The first kappa shape index (κ1) is 25.9. The number of carbonyl (C=O) groups is 2. The zero-order valence-corrected chi connectivity index (χ0v) is 20.1. The topological polar surface area (TPSA) is 65.5 Å². The molecule has 1 aromatic carbocycles. The molecule has 2 heterocycles. The smallest absolute Gasteiger partial charge is 0.355 e. The number of nitrogens with zero attached hydrogens (tertiary/aromatic N) is 3. The van der Waals surface area contributed by atoms with E-state index in [4.69, 9.17) is 0 Å². The number of pyridine rings is 1. The van der Waals surface area contributed by atoms with Gasteiger partial charge in [-0.05, 0) is 56.0 Å². The number of aryl methyl sites for hydroxylation is 1. The van der Waals surface area contributed by atoms with E-state index in [2.05, 4.69) is 10.3 Å². The van der Waals surface area contributed by atoms with Crippen molar-refractivity contribution in [3.05, 3.63) is 59.3 Å². The van der Waals surface area contributed by atoms with E-state index in [0.29, 0.717) is 50.4 Å². The van der Waals surface area contributed by atoms with Crippen LogP contribution < -0.4 is 10.2 Å². The lowest BCUT2D eigenvalue weighted by atomic mass is 10.1. The number of amides is 2. The number of rotatable bonds is 7. The van der Waals surface area contributed by atoms with Crippen LogP contribution in [0.5, 0.6) is 0 Å². The molecule has 1 aromatic heterocycles. The van der Waals surface area contributed by atoms with Gasteiger partial charge in [0.25, 0.3) is 5.91 Å². The molecule has 1 aliphatic heterocycles. The van der Waals surface area contributed by atoms with Gasteiger partial charge in [0, 0.05) is 37.9 Å². The third-order valence-electron chi connectivity index (χ3n) is 5.70. The summed E-state index contributed by atoms with van der Waals surface area (Å²) in [6.45, 7) is 3.84. The van der Waals surface area contributed by atoms with Gasteiger partial charge in [-0.3, -0.25) is 9.59 Å². The summed E-state index contributed by atoms with van der Waals surface area (Å²) < 4.78 is 38.5. The molecule has 0 aliphatic carbocycles. The van der Waals surface area contributed by atoms with Gasteiger partial charge in [0.2, 0.25) is 5.91 Å². The van der Waals surface area contributed by atoms with Gasteiger partial charge < -0.3 is 15.1 Å². The van der Waals surface area contributed by atoms with E-state index >= 15 is 0 Å². The number of carbonyl (C=O) groups excluding carboxylic acids is 2. The second-order valence-electron chi connectivity index (χ2n) is 8.25. The molecule has 0 saturated carbocycles. The lowest BCUT2D eigenvalue weighted by molar-refractivity contribution is -0.137. The predicted octanol–water partition coefficient (Wildman–Crippen LogP) is 4.00. The predicted molar refractivity (Wildman–Crippen MR) is 128 cm³/mol. The van der Waals surface area contributed by atoms with E-state index in [-0.39, 0.29) is 11.8 Å². The molecule has 2 aromatic rings. The Labute approximate surface area is 201 Å². The molecular formula is C24H29F3N4O2S. The van der Waals surface area contributed by atoms with Gasteiger partial charge >= 0.3 is 6.18 Å². The van der Waals surface area contributed by atoms with Gasteiger partial charge in [-0.1, -0.05) is 17.7 Å². The number of aromatic nitrogens is 1. The van der Waals surface area contributed by atoms with Gasteiger partial charge in [-0.2, -0.15) is 24.9 Å². The summed E-state index contributed by atoms with van der Waals surface area (Å²) in [7, 11) is 0. The van der Waals surface area contributed by atoms with Crippen LogP contribution in [-0.2, 0) is 11.0 Å². The van der Waals surface area contributed by atoms with E-state index in [0.717, 1.165) is 23.6 Å². The van der Waals surface area contributed by atoms with Crippen LogP contribution in [-0.4, -0.2) is 65.9 Å². The molecule has 184 valence electrons. The molecule has 1 atom stereocenters. The number of alkyl halides is 3. The molecule has 1 unspecified atom stereocenters. The minimum atomic E-state index is -4.43. The Morgan fingerprint density at radius 2 is 1.94 bits per heavy atom. The average Bonchev–Trinajstić information content (AvgIpc) is 3.07. The quantitative estimate of drug-likeness (QED) is 0.631. The van der Waals surface area contributed by atoms with Crippen molar-refractivity contribution in [2.24, 2.45) is 0 Å². The van der Waals surface area contributed by atoms with Crippen LogP contribution in [0.25, 0.3) is 0 Å². The van der Waals surface area contributed by atoms with E-state index in [1.165, 1.54) is 6.07 Å². The van der Waals surface area contributed by atoms with Crippen molar-refractivity contribution in [3.63, 3.8) is 0 Å². The molecule has 3 rings (SSSR count). The number of anilines is 1. The first-order valence-electron chi connectivity index (χ1n) is 11.1. The van der Waals surface area contributed by atoms with Crippen LogP contribution in [0.3, 0.4) is 0 Å². The molecular weight excluding hydrogens is 465 g/mol. The van der Waals surface area contributed by atoms with Gasteiger partial charge in [-0.15, -0.1) is 0 Å². The number of hydrogen-bond acceptors (Lipinski definition) is 5. The number of benzene rings is 1. The van der Waals surface area contributed by atoms with Crippen LogP contribution in [0.4, 0.5) is 19.0 Å². The summed E-state index contributed by atoms with van der Waals surface area (Å²) in [5, 5.41) is 2.90. The van der Waals surface area contributed by atoms with Crippen molar-refractivity contribution < 1.29 is 22.8 Å². The van der Waals surface area contributed by atoms with Crippen LogP contribution in [0, 0.1) is 6.92 Å². The van der Waals surface area contributed by atoms with Crippen molar-refractivity contribution in [1.82, 2.24) is 15.2 Å². The normalized spacial score (nSPS) is 15.6. The first-order valence-corrected chi connectivity index (χ1v) is 12.5. The lowest BCUT2D eigenvalue weighted by Crippen LogP contribution is -2.49. The third-order valence-corrected chi connectivity index (χ3v) is 6.35. The number of nitrogens with one attached hydrogen (secondary N) is 1. The highest BCUT2D eigenvalue weighted by molar-refractivity contribution is 7.98. The highest BCUT2D eigenvalue weighted by atomic mass is 32.2. The third kappa shape index (κ3) is 6.88. The highest BCUT2D eigenvalue weighted by Gasteiger charge is 2.31. The van der Waals surface area contributed by atoms with E-state index in [1.54, 1.807) is 28.8 Å². The minimum Gasteiger partial charge on any atom is -0.355 e. The summed E-state index contributed by atoms with van der Waals surface area (Å²) in [6, 6.07) is 8.96. The fourth-order valence-corrected chi connectivity index (χ4v) is 4.32. The molecule has 6 nitrogen and oxygen atoms in total. The van der Waals surface area contributed by atoms with Crippen LogP contribution >= 0.6 is 11.8 Å². The van der Waals surface area contributed by atoms with E-state index < -0.39 is 17.8 Å². The van der Waals surface area contributed by atoms with Crippen molar-refractivity contribution in [2.45, 2.75) is 32.0 Å². The Hall–Kier alpha value is -2.75. The Morgan fingerprint density at radius 1 is 1.15 bits per heavy atom. The molecule has 0 spiro atoms. The molecule has 1 aliphatic rings. The first-order chi connectivity index (χ1) is 16.2. The van der Waals surface area contributed by atoms with Gasteiger partial charge in [0.1, 0.15) is 11.9 Å². The summed E-state index contributed by atoms with van der Waals surface area (Å²) in [5.41, 5.74) is 0.686. The SMILES string of the molecule is CSCCC(NC(=O)c1cccc(C)c1)C(=O)N1CCCN(c2ccc(C(F)(F)F)cn2)CC1. The summed E-state index contributed by atoms with van der Waals surface area (Å²) in [5.74, 6) is 0.750. The summed E-state index contributed by atoms with van der Waals surface area (Å²) in [6.07, 6.45) is -0.483. The van der Waals surface area contributed by atoms with Crippen molar-refractivity contribution >= 4 is 29.4 Å². The lowest BCUT2D eigenvalue weighted by Gasteiger charge is -2.27. The monoisotopic (exact) mass is 494 g/mol. The van der Waals surface area contributed by atoms with Gasteiger partial charge in [-0.25, -0.2) is 4.98 Å². The maximum absolute atomic E-state index is 13.3. The minimum absolute atomic E-state index is 0.141. The molecule has 34 heavy (non-hydrogen) atoms. The standard InChI is InChI=1S/C24H29F3N4O2S/c1-17-5-3-6-18(15-17)22(32)29-20(9-14-34-2)23(33)31-11-4-10-30(12-13-31)21-8-7-19(16-28-21)24(25,26)27/h3,5-8,15-16,20H,4,9-14H2,1-2H3,(H,29,32). The molecule has 1 saturated heterocycles. The Balaban J connectivity index is 1.66. The second-order valence-corrected chi connectivity index (χ2v) is 9.23. The fourth-order valence-electron chi connectivity index (χ4n) is 3.85. The van der Waals surface area contributed by atoms with Crippen molar-refractivity contribution in [1.29, 1.82) is 0 Å². The average molecular weight is 495 g/mol. The Morgan fingerprint density at radius 3 is 2.59 bits per heavy atom. The number of thioether (sulfide) groups is 1. The van der Waals surface area contributed by atoms with Crippen molar-refractivity contribution in [3.8, 4) is 0 Å². The fraction of sp³-hybridized carbons (Fsp3) is 0.458. The van der Waals surface area contributed by atoms with Gasteiger partial charge in [0.05, 0.1) is 5.56 Å².